The molecule has 0 heterocycles. The second-order valence-electron chi connectivity index (χ2n) is 4.25. The van der Waals surface area contributed by atoms with Crippen LogP contribution < -0.4 is 0 Å². The summed E-state index contributed by atoms with van der Waals surface area (Å²) in [7, 11) is 0. The number of carbonyl (C=O) groups is 1. The number of halogens is 2. The lowest BCUT2D eigenvalue weighted by Crippen LogP contribution is -2.37. The first kappa shape index (κ1) is 15.4. The molecule has 1 aromatic rings. The van der Waals surface area contributed by atoms with Crippen molar-refractivity contribution >= 4 is 5.97 Å². The monoisotopic (exact) mass is 274 g/mol. The highest BCUT2D eigenvalue weighted by atomic mass is 19.3. The lowest BCUT2D eigenvalue weighted by atomic mass is 9.98. The number of aryl methyl sites for hydroxylation is 2. The van der Waals surface area contributed by atoms with Gasteiger partial charge in [-0.2, -0.15) is 8.78 Å². The molecule has 19 heavy (non-hydrogen) atoms. The molecule has 0 saturated carbocycles. The van der Waals surface area contributed by atoms with E-state index in [1.807, 2.05) is 0 Å². The average Bonchev–Trinajstić information content (AvgIpc) is 2.34. The fourth-order valence-electron chi connectivity index (χ4n) is 1.70. The Bertz CT molecular complexity index is 463. The number of aliphatic hydroxyl groups excluding tert-OH is 1. The van der Waals surface area contributed by atoms with Gasteiger partial charge in [-0.3, -0.25) is 0 Å². The van der Waals surface area contributed by atoms with Crippen molar-refractivity contribution in [3.8, 4) is 5.75 Å². The van der Waals surface area contributed by atoms with Crippen molar-refractivity contribution in [2.75, 3.05) is 6.61 Å². The second kappa shape index (κ2) is 5.52. The van der Waals surface area contributed by atoms with Crippen molar-refractivity contribution in [2.24, 2.45) is 0 Å². The zero-order chi connectivity index (χ0) is 14.8. The molecule has 0 fully saturated rings. The van der Waals surface area contributed by atoms with Crippen molar-refractivity contribution in [1.82, 2.24) is 0 Å². The highest BCUT2D eigenvalue weighted by molar-refractivity contribution is 5.78. The van der Waals surface area contributed by atoms with Gasteiger partial charge in [0.15, 0.2) is 6.10 Å². The van der Waals surface area contributed by atoms with Crippen LogP contribution in [0.25, 0.3) is 0 Å². The zero-order valence-corrected chi connectivity index (χ0v) is 10.9. The molecule has 106 valence electrons. The molecule has 0 radical (unpaired) electrons. The van der Waals surface area contributed by atoms with Gasteiger partial charge in [-0.15, -0.1) is 0 Å². The SMILES string of the molecule is CCOC(=O)C(F)(F)C(O)c1cc(C)c(O)c(C)c1. The summed E-state index contributed by atoms with van der Waals surface area (Å²) in [5.41, 5.74) is 0.535. The Morgan fingerprint density at radius 1 is 1.37 bits per heavy atom. The van der Waals surface area contributed by atoms with Gasteiger partial charge < -0.3 is 14.9 Å². The van der Waals surface area contributed by atoms with Crippen molar-refractivity contribution in [2.45, 2.75) is 32.8 Å². The topological polar surface area (TPSA) is 66.8 Å². The van der Waals surface area contributed by atoms with Crippen LogP contribution in [-0.4, -0.2) is 28.7 Å². The van der Waals surface area contributed by atoms with Crippen molar-refractivity contribution in [3.63, 3.8) is 0 Å². The maximum absolute atomic E-state index is 13.7. The number of carbonyl (C=O) groups excluding carboxylic acids is 1. The van der Waals surface area contributed by atoms with E-state index in [0.717, 1.165) is 0 Å². The van der Waals surface area contributed by atoms with E-state index in [9.17, 15) is 23.8 Å². The number of hydrogen-bond donors (Lipinski definition) is 2. The summed E-state index contributed by atoms with van der Waals surface area (Å²) in [6.07, 6.45) is -2.32. The van der Waals surface area contributed by atoms with Crippen LogP contribution in [0.4, 0.5) is 8.78 Å². The van der Waals surface area contributed by atoms with Gasteiger partial charge in [-0.05, 0) is 49.6 Å². The third-order valence-electron chi connectivity index (χ3n) is 2.72. The van der Waals surface area contributed by atoms with Crippen LogP contribution in [0.2, 0.25) is 0 Å². The molecule has 0 aliphatic carbocycles. The molecule has 0 aromatic heterocycles. The highest BCUT2D eigenvalue weighted by Gasteiger charge is 2.49. The molecule has 1 unspecified atom stereocenters. The second-order valence-corrected chi connectivity index (χ2v) is 4.25. The molecule has 0 amide bonds. The Kier molecular flexibility index (Phi) is 4.47. The van der Waals surface area contributed by atoms with E-state index >= 15 is 0 Å². The van der Waals surface area contributed by atoms with Crippen LogP contribution in [0.15, 0.2) is 12.1 Å². The minimum Gasteiger partial charge on any atom is -0.507 e. The summed E-state index contributed by atoms with van der Waals surface area (Å²) in [5, 5.41) is 19.2. The first-order valence-electron chi connectivity index (χ1n) is 5.75. The summed E-state index contributed by atoms with van der Waals surface area (Å²) >= 11 is 0. The van der Waals surface area contributed by atoms with E-state index in [2.05, 4.69) is 4.74 Å². The van der Waals surface area contributed by atoms with Gasteiger partial charge in [-0.1, -0.05) is 0 Å². The number of rotatable bonds is 4. The summed E-state index contributed by atoms with van der Waals surface area (Å²) in [4.78, 5) is 11.1. The molecule has 2 N–H and O–H groups in total. The quantitative estimate of drug-likeness (QED) is 0.826. The number of alkyl halides is 2. The predicted octanol–water partition coefficient (Wildman–Crippen LogP) is 2.24. The summed E-state index contributed by atoms with van der Waals surface area (Å²) < 4.78 is 31.6. The fraction of sp³-hybridized carbons (Fsp3) is 0.462. The molecule has 0 aliphatic rings. The Labute approximate surface area is 109 Å². The van der Waals surface area contributed by atoms with E-state index in [-0.39, 0.29) is 17.9 Å². The van der Waals surface area contributed by atoms with Crippen LogP contribution in [0.5, 0.6) is 5.75 Å². The number of aromatic hydroxyl groups is 1. The normalized spacial score (nSPS) is 13.2. The van der Waals surface area contributed by atoms with E-state index in [1.165, 1.54) is 32.9 Å². The predicted molar refractivity (Wildman–Crippen MR) is 64.1 cm³/mol. The number of esters is 1. The molecule has 0 aliphatic heterocycles. The van der Waals surface area contributed by atoms with Crippen molar-refractivity contribution in [3.05, 3.63) is 28.8 Å². The maximum atomic E-state index is 13.7. The molecule has 0 saturated heterocycles. The third kappa shape index (κ3) is 3.01. The molecule has 1 aromatic carbocycles. The third-order valence-corrected chi connectivity index (χ3v) is 2.72. The Morgan fingerprint density at radius 2 is 1.84 bits per heavy atom. The van der Waals surface area contributed by atoms with Gasteiger partial charge in [0.1, 0.15) is 5.75 Å². The maximum Gasteiger partial charge on any atom is 0.380 e. The number of hydrogen-bond acceptors (Lipinski definition) is 4. The van der Waals surface area contributed by atoms with E-state index in [4.69, 9.17) is 0 Å². The zero-order valence-electron chi connectivity index (χ0n) is 10.9. The Hall–Kier alpha value is -1.69. The molecule has 0 spiro atoms. The number of phenols is 1. The first-order chi connectivity index (χ1) is 8.71. The minimum atomic E-state index is -4.04. The van der Waals surface area contributed by atoms with Gasteiger partial charge >= 0.3 is 11.9 Å². The van der Waals surface area contributed by atoms with Crippen LogP contribution in [0, 0.1) is 13.8 Å². The van der Waals surface area contributed by atoms with Gasteiger partial charge in [0, 0.05) is 0 Å². The van der Waals surface area contributed by atoms with E-state index in [1.54, 1.807) is 0 Å². The molecular formula is C13H16F2O4. The minimum absolute atomic E-state index is 0.0320. The van der Waals surface area contributed by atoms with Crippen LogP contribution >= 0.6 is 0 Å². The van der Waals surface area contributed by atoms with Gasteiger partial charge in [0.05, 0.1) is 6.61 Å². The summed E-state index contributed by atoms with van der Waals surface area (Å²) in [5.74, 6) is -5.84. The largest absolute Gasteiger partial charge is 0.507 e. The molecule has 1 atom stereocenters. The fourth-order valence-corrected chi connectivity index (χ4v) is 1.70. The van der Waals surface area contributed by atoms with Gasteiger partial charge in [-0.25, -0.2) is 4.79 Å². The molecule has 0 bridgehead atoms. The van der Waals surface area contributed by atoms with Gasteiger partial charge in [0.2, 0.25) is 0 Å². The van der Waals surface area contributed by atoms with Crippen molar-refractivity contribution in [1.29, 1.82) is 0 Å². The lowest BCUT2D eigenvalue weighted by molar-refractivity contribution is -0.189. The smallest absolute Gasteiger partial charge is 0.380 e. The molecular weight excluding hydrogens is 258 g/mol. The van der Waals surface area contributed by atoms with Crippen LogP contribution in [-0.2, 0) is 9.53 Å². The Balaban J connectivity index is 3.12. The lowest BCUT2D eigenvalue weighted by Gasteiger charge is -2.21. The van der Waals surface area contributed by atoms with Crippen LogP contribution in [0.3, 0.4) is 0 Å². The number of phenolic OH excluding ortho intramolecular Hbond substituents is 1. The highest BCUT2D eigenvalue weighted by Crippen LogP contribution is 2.35. The van der Waals surface area contributed by atoms with Gasteiger partial charge in [0.25, 0.3) is 0 Å². The molecule has 4 nitrogen and oxygen atoms in total. The number of ether oxygens (including phenoxy) is 1. The standard InChI is InChI=1S/C13H16F2O4/c1-4-19-12(18)13(14,15)11(17)9-5-7(2)10(16)8(3)6-9/h5-6,11,16-17H,4H2,1-3H3. The summed E-state index contributed by atoms with van der Waals surface area (Å²) in [6, 6.07) is 2.42. The molecule has 1 rings (SSSR count). The van der Waals surface area contributed by atoms with E-state index < -0.39 is 18.0 Å². The molecule has 6 heteroatoms. The average molecular weight is 274 g/mol. The van der Waals surface area contributed by atoms with E-state index in [0.29, 0.717) is 11.1 Å². The number of aliphatic hydroxyl groups is 1. The van der Waals surface area contributed by atoms with Crippen LogP contribution in [0.1, 0.15) is 29.7 Å². The van der Waals surface area contributed by atoms with Crippen molar-refractivity contribution < 1.29 is 28.5 Å². The Morgan fingerprint density at radius 3 is 2.26 bits per heavy atom. The first-order valence-corrected chi connectivity index (χ1v) is 5.75. The number of benzene rings is 1. The summed E-state index contributed by atoms with van der Waals surface area (Å²) in [6.45, 7) is 4.23.